The molecule has 5 rings (SSSR count). The number of benzene rings is 5. The number of sulfonamides is 1. The number of para-hydroxylation sites is 1. The summed E-state index contributed by atoms with van der Waals surface area (Å²) in [5, 5.41) is 3.05. The van der Waals surface area contributed by atoms with Crippen LogP contribution in [-0.4, -0.2) is 50.4 Å². The fourth-order valence-electron chi connectivity index (χ4n) is 5.65. The van der Waals surface area contributed by atoms with Gasteiger partial charge in [0.25, 0.3) is 10.0 Å². The summed E-state index contributed by atoms with van der Waals surface area (Å²) >= 11 is 0. The zero-order valence-electron chi connectivity index (χ0n) is 30.2. The maximum absolute atomic E-state index is 14.8. The number of methoxy groups -OCH3 is 1. The van der Waals surface area contributed by atoms with E-state index in [1.54, 1.807) is 55.6 Å². The van der Waals surface area contributed by atoms with E-state index >= 15 is 0 Å². The average Bonchev–Trinajstić information content (AvgIpc) is 3.12. The van der Waals surface area contributed by atoms with Gasteiger partial charge in [0.2, 0.25) is 11.8 Å². The summed E-state index contributed by atoms with van der Waals surface area (Å²) in [6.07, 6.45) is 0.203. The molecule has 0 saturated carbocycles. The maximum atomic E-state index is 14.8. The second-order valence-corrected chi connectivity index (χ2v) is 15.4. The van der Waals surface area contributed by atoms with E-state index in [0.717, 1.165) is 15.4 Å². The number of hydrogen-bond acceptors (Lipinski definition) is 6. The Hall–Kier alpha value is -5.61. The largest absolute Gasteiger partial charge is 0.497 e. The van der Waals surface area contributed by atoms with E-state index < -0.39 is 34.1 Å². The molecule has 5 aromatic rings. The van der Waals surface area contributed by atoms with Crippen LogP contribution in [0, 0.1) is 6.92 Å². The van der Waals surface area contributed by atoms with Crippen molar-refractivity contribution in [2.75, 3.05) is 18.0 Å². The van der Waals surface area contributed by atoms with Crippen molar-refractivity contribution in [2.45, 2.75) is 57.1 Å². The minimum Gasteiger partial charge on any atom is -0.497 e. The first-order valence-corrected chi connectivity index (χ1v) is 18.5. The molecular formula is C42H45N3O6S. The third-order valence-corrected chi connectivity index (χ3v) is 10.0. The first-order valence-electron chi connectivity index (χ1n) is 17.0. The quantitative estimate of drug-likeness (QED) is 0.127. The van der Waals surface area contributed by atoms with Gasteiger partial charge in [0.1, 0.15) is 29.8 Å². The van der Waals surface area contributed by atoms with Crippen molar-refractivity contribution >= 4 is 27.5 Å². The Labute approximate surface area is 306 Å². The lowest BCUT2D eigenvalue weighted by Crippen LogP contribution is -2.56. The smallest absolute Gasteiger partial charge is 0.264 e. The molecule has 0 unspecified atom stereocenters. The zero-order chi connectivity index (χ0) is 37.3. The van der Waals surface area contributed by atoms with Gasteiger partial charge in [0.15, 0.2) is 0 Å². The highest BCUT2D eigenvalue weighted by Gasteiger charge is 2.35. The summed E-state index contributed by atoms with van der Waals surface area (Å²) in [6.45, 7) is 6.94. The van der Waals surface area contributed by atoms with Crippen molar-refractivity contribution in [3.63, 3.8) is 0 Å². The molecule has 0 spiro atoms. The number of amides is 2. The molecule has 0 heterocycles. The van der Waals surface area contributed by atoms with Gasteiger partial charge < -0.3 is 19.7 Å². The topological polar surface area (TPSA) is 105 Å². The van der Waals surface area contributed by atoms with Crippen molar-refractivity contribution in [3.8, 4) is 17.2 Å². The van der Waals surface area contributed by atoms with E-state index in [4.69, 9.17) is 9.47 Å². The number of carbonyl (C=O) groups excluding carboxylic acids is 2. The Morgan fingerprint density at radius 2 is 1.31 bits per heavy atom. The Kier molecular flexibility index (Phi) is 12.0. The van der Waals surface area contributed by atoms with Gasteiger partial charge in [-0.05, 0) is 99.5 Å². The first kappa shape index (κ1) is 37.6. The van der Waals surface area contributed by atoms with E-state index in [0.29, 0.717) is 22.8 Å². The summed E-state index contributed by atoms with van der Waals surface area (Å²) in [5.41, 5.74) is 2.11. The molecule has 0 aliphatic rings. The van der Waals surface area contributed by atoms with Gasteiger partial charge in [-0.1, -0.05) is 78.4 Å². The third kappa shape index (κ3) is 10.0. The normalized spacial score (nSPS) is 12.0. The fraction of sp³-hybridized carbons (Fsp3) is 0.238. The van der Waals surface area contributed by atoms with Crippen molar-refractivity contribution in [1.82, 2.24) is 10.2 Å². The molecule has 9 nitrogen and oxygen atoms in total. The number of ether oxygens (including phenoxy) is 2. The number of hydrogen-bond donors (Lipinski definition) is 1. The molecule has 0 fully saturated rings. The molecule has 0 aliphatic carbocycles. The molecule has 0 saturated heterocycles. The Morgan fingerprint density at radius 3 is 1.92 bits per heavy atom. The summed E-state index contributed by atoms with van der Waals surface area (Å²) in [6, 6.07) is 38.0. The predicted octanol–water partition coefficient (Wildman–Crippen LogP) is 7.55. The number of nitrogens with zero attached hydrogens (tertiary/aromatic N) is 2. The number of nitrogens with one attached hydrogen (secondary N) is 1. The van der Waals surface area contributed by atoms with Gasteiger partial charge in [-0.3, -0.25) is 13.9 Å². The van der Waals surface area contributed by atoms with Gasteiger partial charge >= 0.3 is 0 Å². The van der Waals surface area contributed by atoms with E-state index in [9.17, 15) is 18.0 Å². The van der Waals surface area contributed by atoms with Crippen LogP contribution in [0.25, 0.3) is 0 Å². The fourth-order valence-corrected chi connectivity index (χ4v) is 7.06. The van der Waals surface area contributed by atoms with Crippen molar-refractivity contribution in [3.05, 3.63) is 150 Å². The zero-order valence-corrected chi connectivity index (χ0v) is 31.0. The van der Waals surface area contributed by atoms with Gasteiger partial charge in [-0.2, -0.15) is 0 Å². The Balaban J connectivity index is 1.58. The molecule has 0 aliphatic heterocycles. The van der Waals surface area contributed by atoms with Crippen LogP contribution in [0.3, 0.4) is 0 Å². The predicted molar refractivity (Wildman–Crippen MR) is 204 cm³/mol. The van der Waals surface area contributed by atoms with E-state index in [2.05, 4.69) is 5.32 Å². The second kappa shape index (κ2) is 16.6. The monoisotopic (exact) mass is 719 g/mol. The molecule has 10 heteroatoms. The van der Waals surface area contributed by atoms with E-state index in [1.165, 1.54) is 17.0 Å². The van der Waals surface area contributed by atoms with Gasteiger partial charge in [-0.25, -0.2) is 8.42 Å². The number of rotatable bonds is 14. The average molecular weight is 720 g/mol. The highest BCUT2D eigenvalue weighted by Crippen LogP contribution is 2.29. The summed E-state index contributed by atoms with van der Waals surface area (Å²) in [4.78, 5) is 30.4. The van der Waals surface area contributed by atoms with Crippen LogP contribution in [-0.2, 0) is 32.6 Å². The Bertz CT molecular complexity index is 2050. The number of aryl methyl sites for hydroxylation is 1. The van der Waals surface area contributed by atoms with Gasteiger partial charge in [0, 0.05) is 18.5 Å². The summed E-state index contributed by atoms with van der Waals surface area (Å²) < 4.78 is 41.4. The van der Waals surface area contributed by atoms with Crippen molar-refractivity contribution in [2.24, 2.45) is 0 Å². The minimum absolute atomic E-state index is 0.0212. The number of carbonyl (C=O) groups is 2. The Morgan fingerprint density at radius 1 is 0.731 bits per heavy atom. The van der Waals surface area contributed by atoms with Crippen molar-refractivity contribution < 1.29 is 27.5 Å². The molecule has 5 aromatic carbocycles. The lowest BCUT2D eigenvalue weighted by Gasteiger charge is -2.35. The van der Waals surface area contributed by atoms with Crippen LogP contribution in [0.5, 0.6) is 17.2 Å². The number of anilines is 1. The van der Waals surface area contributed by atoms with Crippen LogP contribution in [0.4, 0.5) is 5.69 Å². The van der Waals surface area contributed by atoms with E-state index in [-0.39, 0.29) is 29.5 Å². The van der Waals surface area contributed by atoms with E-state index in [1.807, 2.05) is 100 Å². The van der Waals surface area contributed by atoms with Crippen LogP contribution in [0.2, 0.25) is 0 Å². The molecule has 0 radical (unpaired) electrons. The molecule has 1 atom stereocenters. The third-order valence-electron chi connectivity index (χ3n) is 8.25. The standard InChI is InChI=1S/C42H45N3O6S/c1-31-19-25-38(26-20-31)52(48,49)45(34-21-23-36(24-22-34)51-35-16-10-7-11-17-35)30-40(46)44(29-33-15-12-18-37(27-33)50-5)39(41(47)43-42(2,3)4)28-32-13-8-6-9-14-32/h6-27,39H,28-30H2,1-5H3,(H,43,47)/t39-/m1/s1. The SMILES string of the molecule is COc1cccc(CN(C(=O)CN(c2ccc(Oc3ccccc3)cc2)S(=O)(=O)c2ccc(C)cc2)[C@H](Cc2ccccc2)C(=O)NC(C)(C)C)c1. The molecule has 270 valence electrons. The van der Waals surface area contributed by atoms with Crippen LogP contribution < -0.4 is 19.1 Å². The first-order chi connectivity index (χ1) is 24.8. The molecule has 1 N–H and O–H groups in total. The summed E-state index contributed by atoms with van der Waals surface area (Å²) in [7, 11) is -2.71. The molecule has 0 aromatic heterocycles. The summed E-state index contributed by atoms with van der Waals surface area (Å²) in [5.74, 6) is 0.789. The van der Waals surface area contributed by atoms with Crippen LogP contribution in [0.15, 0.2) is 138 Å². The highest BCUT2D eigenvalue weighted by atomic mass is 32.2. The lowest BCUT2D eigenvalue weighted by atomic mass is 10.0. The van der Waals surface area contributed by atoms with Crippen LogP contribution >= 0.6 is 0 Å². The van der Waals surface area contributed by atoms with Crippen LogP contribution in [0.1, 0.15) is 37.5 Å². The van der Waals surface area contributed by atoms with Crippen molar-refractivity contribution in [1.29, 1.82) is 0 Å². The molecule has 0 bridgehead atoms. The maximum Gasteiger partial charge on any atom is 0.264 e. The van der Waals surface area contributed by atoms with Gasteiger partial charge in [0.05, 0.1) is 17.7 Å². The molecule has 2 amide bonds. The minimum atomic E-state index is -4.26. The lowest BCUT2D eigenvalue weighted by molar-refractivity contribution is -0.140. The molecular weight excluding hydrogens is 675 g/mol. The molecule has 52 heavy (non-hydrogen) atoms. The second-order valence-electron chi connectivity index (χ2n) is 13.6. The highest BCUT2D eigenvalue weighted by molar-refractivity contribution is 7.92. The van der Waals surface area contributed by atoms with Gasteiger partial charge in [-0.15, -0.1) is 0 Å².